The van der Waals surface area contributed by atoms with Gasteiger partial charge in [0.1, 0.15) is 44.4 Å². The Kier molecular flexibility index (Phi) is 17.7. The molecule has 432 valence electrons. The lowest BCUT2D eigenvalue weighted by molar-refractivity contribution is -0.172. The van der Waals surface area contributed by atoms with Crippen LogP contribution in [0, 0.1) is 12.7 Å². The highest BCUT2D eigenvalue weighted by atomic mass is 19.1. The van der Waals surface area contributed by atoms with Crippen molar-refractivity contribution in [2.24, 2.45) is 0 Å². The molecule has 82 heavy (non-hydrogen) atoms. The standard InChI is InChI=1S/C57H62FN9O15/c1-3-57(79)36-22-42-52-34(26-67(42)55(77)35(36)27-82-56(57)78)51-38(16-15-33-31(2)37(58)23-39(63-52)50(33)51)64-54(76)41-13-10-20-65(41)48(73)29-80-30-61-44(69)24-60-53(75)40(21-32-11-6-4-7-12-32)62-45(70)28-81-49(74)25-59-43(68)14-8-5-9-19-66-46(71)17-18-47(66)72/h4,6-7,11-12,17-18,22-23,38,40-41,79H,3,5,8-10,13-16,19-21,24-30H2,1-2H3,(H,59,68)(H,60,75)(H,61,69)(H,62,70)(H,64,76)/t38-,40-,41-,57-/m0/s1. The van der Waals surface area contributed by atoms with Crippen molar-refractivity contribution in [1.29, 1.82) is 0 Å². The van der Waals surface area contributed by atoms with Crippen molar-refractivity contribution >= 4 is 70.1 Å². The average molecular weight is 1130 g/mol. The second-order valence-corrected chi connectivity index (χ2v) is 20.7. The third kappa shape index (κ3) is 12.3. The van der Waals surface area contributed by atoms with Crippen LogP contribution < -0.4 is 32.1 Å². The van der Waals surface area contributed by atoms with E-state index in [4.69, 9.17) is 19.2 Å². The first-order valence-corrected chi connectivity index (χ1v) is 27.2. The van der Waals surface area contributed by atoms with Crippen LogP contribution in [0.1, 0.15) is 103 Å². The van der Waals surface area contributed by atoms with Gasteiger partial charge >= 0.3 is 11.9 Å². The summed E-state index contributed by atoms with van der Waals surface area (Å²) < 4.78 is 32.7. The molecule has 6 N–H and O–H groups in total. The third-order valence-corrected chi connectivity index (χ3v) is 15.5. The Labute approximate surface area is 468 Å². The Balaban J connectivity index is 0.741. The number of hydrogen-bond acceptors (Lipinski definition) is 16. The van der Waals surface area contributed by atoms with Gasteiger partial charge in [-0.25, -0.2) is 14.2 Å². The maximum absolute atomic E-state index is 15.5. The van der Waals surface area contributed by atoms with E-state index in [-0.39, 0.29) is 68.4 Å². The summed E-state index contributed by atoms with van der Waals surface area (Å²) in [6.07, 6.45) is 5.52. The number of hydrogen-bond donors (Lipinski definition) is 6. The van der Waals surface area contributed by atoms with E-state index < -0.39 is 116 Å². The second-order valence-electron chi connectivity index (χ2n) is 20.7. The number of carbonyl (C=O) groups excluding carboxylic acids is 10. The van der Waals surface area contributed by atoms with Crippen LogP contribution in [-0.4, -0.2) is 142 Å². The van der Waals surface area contributed by atoms with Gasteiger partial charge in [0.15, 0.2) is 12.2 Å². The number of rotatable bonds is 23. The fraction of sp³-hybridized carbons (Fsp3) is 0.439. The molecule has 0 unspecified atom stereocenters. The van der Waals surface area contributed by atoms with Crippen LogP contribution in [-0.2, 0) is 93.8 Å². The number of benzene rings is 2. The van der Waals surface area contributed by atoms with Gasteiger partial charge in [0.05, 0.1) is 41.6 Å². The van der Waals surface area contributed by atoms with E-state index in [2.05, 4.69) is 26.6 Å². The minimum atomic E-state index is -2.06. The molecule has 1 aliphatic carbocycles. The summed E-state index contributed by atoms with van der Waals surface area (Å²) in [6.45, 7) is 0.690. The first-order valence-electron chi connectivity index (χ1n) is 27.2. The highest BCUT2D eigenvalue weighted by molar-refractivity contribution is 6.12. The van der Waals surface area contributed by atoms with E-state index in [1.54, 1.807) is 50.2 Å². The molecule has 8 amide bonds. The lowest BCUT2D eigenvalue weighted by Crippen LogP contribution is -2.51. The van der Waals surface area contributed by atoms with Gasteiger partial charge in [-0.05, 0) is 80.2 Å². The van der Waals surface area contributed by atoms with Crippen molar-refractivity contribution in [2.75, 3.05) is 46.1 Å². The lowest BCUT2D eigenvalue weighted by atomic mass is 9.81. The molecule has 9 rings (SSSR count). The van der Waals surface area contributed by atoms with Gasteiger partial charge < -0.3 is 55.4 Å². The number of nitrogens with one attached hydrogen (secondary N) is 5. The SMILES string of the molecule is CC[C@@]1(O)C(=O)OCc2c1cc1n(c2=O)Cc2c-1nc1cc(F)c(C)c3c1c2[C@@H](NC(=O)[C@@H]1CCCN1C(=O)COCNC(=O)CNC(=O)[C@H](Cc1ccccc1)NC(=O)COC(=O)CNC(=O)CCCCCN1C(=O)C=CC1=O)CC3. The zero-order valence-electron chi connectivity index (χ0n) is 45.2. The summed E-state index contributed by atoms with van der Waals surface area (Å²) in [5.74, 6) is -6.69. The van der Waals surface area contributed by atoms with E-state index >= 15 is 4.39 Å². The Bertz CT molecular complexity index is 3370. The number of ether oxygens (including phenoxy) is 3. The number of halogens is 1. The molecule has 4 aliphatic heterocycles. The first-order chi connectivity index (χ1) is 39.4. The summed E-state index contributed by atoms with van der Waals surface area (Å²) in [6, 6.07) is 8.83. The molecule has 25 heteroatoms. The Morgan fingerprint density at radius 2 is 1.66 bits per heavy atom. The second kappa shape index (κ2) is 25.0. The van der Waals surface area contributed by atoms with Crippen LogP contribution in [0.4, 0.5) is 4.39 Å². The Morgan fingerprint density at radius 3 is 2.41 bits per heavy atom. The molecule has 0 bridgehead atoms. The number of nitrogens with zero attached hydrogens (tertiary/aromatic N) is 4. The minimum Gasteiger partial charge on any atom is -0.458 e. The van der Waals surface area contributed by atoms with Gasteiger partial charge in [-0.1, -0.05) is 43.7 Å². The van der Waals surface area contributed by atoms with Crippen molar-refractivity contribution in [2.45, 2.75) is 115 Å². The van der Waals surface area contributed by atoms with Crippen molar-refractivity contribution in [3.05, 3.63) is 110 Å². The van der Waals surface area contributed by atoms with E-state index in [1.807, 2.05) is 0 Å². The monoisotopic (exact) mass is 1130 g/mol. The number of amides is 8. The number of aliphatic hydroxyl groups is 1. The summed E-state index contributed by atoms with van der Waals surface area (Å²) in [5, 5.41) is 25.1. The number of carbonyl (C=O) groups is 10. The zero-order valence-corrected chi connectivity index (χ0v) is 45.2. The van der Waals surface area contributed by atoms with Gasteiger partial charge in [-0.2, -0.15) is 0 Å². The topological polar surface area (TPSA) is 320 Å². The molecule has 4 atom stereocenters. The van der Waals surface area contributed by atoms with Crippen LogP contribution in [0.3, 0.4) is 0 Å². The molecule has 6 heterocycles. The molecule has 0 spiro atoms. The van der Waals surface area contributed by atoms with Crippen molar-refractivity contribution in [3.8, 4) is 11.4 Å². The van der Waals surface area contributed by atoms with Crippen molar-refractivity contribution in [1.82, 2.24) is 45.9 Å². The molecule has 5 aliphatic rings. The summed E-state index contributed by atoms with van der Waals surface area (Å²) in [5.41, 5.74) is 1.82. The molecular formula is C57H62FN9O15. The zero-order chi connectivity index (χ0) is 58.4. The number of fused-ring (bicyclic) bond motifs is 5. The number of aromatic nitrogens is 2. The highest BCUT2D eigenvalue weighted by Crippen LogP contribution is 2.46. The van der Waals surface area contributed by atoms with Gasteiger partial charge in [0, 0.05) is 60.7 Å². The number of cyclic esters (lactones) is 1. The van der Waals surface area contributed by atoms with E-state index in [1.165, 1.54) is 27.7 Å². The summed E-state index contributed by atoms with van der Waals surface area (Å²) in [7, 11) is 0. The van der Waals surface area contributed by atoms with Crippen LogP contribution >= 0.6 is 0 Å². The molecular weight excluding hydrogens is 1070 g/mol. The van der Waals surface area contributed by atoms with Crippen LogP contribution in [0.15, 0.2) is 59.4 Å². The van der Waals surface area contributed by atoms with Crippen molar-refractivity contribution < 1.29 is 71.7 Å². The number of pyridine rings is 2. The fourth-order valence-corrected chi connectivity index (χ4v) is 11.1. The predicted octanol–water partition coefficient (Wildman–Crippen LogP) is 0.700. The number of likely N-dealkylation sites (tertiary alicyclic amines) is 1. The molecule has 4 aromatic rings. The minimum absolute atomic E-state index is 0.00319. The van der Waals surface area contributed by atoms with Crippen LogP contribution in [0.2, 0.25) is 0 Å². The molecule has 1 fully saturated rings. The van der Waals surface area contributed by atoms with Crippen LogP contribution in [0.25, 0.3) is 22.3 Å². The molecule has 1 saturated heterocycles. The largest absolute Gasteiger partial charge is 0.458 e. The maximum Gasteiger partial charge on any atom is 0.343 e. The molecule has 0 radical (unpaired) electrons. The smallest absolute Gasteiger partial charge is 0.343 e. The molecule has 24 nitrogen and oxygen atoms in total. The summed E-state index contributed by atoms with van der Waals surface area (Å²) >= 11 is 0. The number of aryl methyl sites for hydroxylation is 1. The van der Waals surface area contributed by atoms with E-state index in [0.29, 0.717) is 89.5 Å². The molecule has 2 aromatic heterocycles. The van der Waals surface area contributed by atoms with Gasteiger partial charge in [0.25, 0.3) is 23.3 Å². The summed E-state index contributed by atoms with van der Waals surface area (Å²) in [4.78, 5) is 149. The number of esters is 2. The normalized spacial score (nSPS) is 18.8. The number of unbranched alkanes of at least 4 members (excludes halogenated alkanes) is 2. The van der Waals surface area contributed by atoms with Gasteiger partial charge in [-0.15, -0.1) is 0 Å². The quantitative estimate of drug-likeness (QED) is 0.0227. The third-order valence-electron chi connectivity index (χ3n) is 15.5. The average Bonchev–Trinajstić information content (AvgIpc) is 3.29. The molecule has 2 aromatic carbocycles. The molecule has 0 saturated carbocycles. The Hall–Kier alpha value is -8.71. The first kappa shape index (κ1) is 58.0. The van der Waals surface area contributed by atoms with E-state index in [0.717, 1.165) is 10.5 Å². The number of imide groups is 1. The predicted molar refractivity (Wildman–Crippen MR) is 286 cm³/mol. The fourth-order valence-electron chi connectivity index (χ4n) is 11.1. The maximum atomic E-state index is 15.5. The van der Waals surface area contributed by atoms with Gasteiger partial charge in [-0.3, -0.25) is 52.8 Å². The van der Waals surface area contributed by atoms with Crippen molar-refractivity contribution in [3.63, 3.8) is 0 Å². The Morgan fingerprint density at radius 1 is 0.890 bits per heavy atom. The van der Waals surface area contributed by atoms with Gasteiger partial charge in [0.2, 0.25) is 29.5 Å². The van der Waals surface area contributed by atoms with Crippen LogP contribution in [0.5, 0.6) is 0 Å². The highest BCUT2D eigenvalue weighted by Gasteiger charge is 2.46. The lowest BCUT2D eigenvalue weighted by Gasteiger charge is -2.32. The van der Waals surface area contributed by atoms with E-state index in [9.17, 15) is 57.8 Å².